The number of amides is 2. The molecule has 1 aliphatic heterocycles. The van der Waals surface area contributed by atoms with E-state index in [4.69, 9.17) is 4.74 Å². The fraction of sp³-hybridized carbons (Fsp3) is 0.389. The number of hydrogen-bond acceptors (Lipinski definition) is 4. The van der Waals surface area contributed by atoms with Gasteiger partial charge < -0.3 is 15.4 Å². The number of hydrogen-bond donors (Lipinski definition) is 2. The first kappa shape index (κ1) is 17.0. The number of ether oxygens (including phenoxy) is 1. The molecule has 1 aliphatic rings. The van der Waals surface area contributed by atoms with Crippen LogP contribution in [-0.2, 0) is 16.1 Å². The number of carbonyl (C=O) groups excluding carboxylic acids is 2. The lowest BCUT2D eigenvalue weighted by Gasteiger charge is -2.33. The molecule has 2 amide bonds. The second-order valence-electron chi connectivity index (χ2n) is 6.35. The van der Waals surface area contributed by atoms with Crippen molar-refractivity contribution in [3.05, 3.63) is 41.7 Å². The molecule has 0 saturated heterocycles. The topological polar surface area (TPSA) is 85.3 Å². The van der Waals surface area contributed by atoms with Crippen LogP contribution in [0.3, 0.4) is 0 Å². The fourth-order valence-electron chi connectivity index (χ4n) is 2.82. The Morgan fingerprint density at radius 3 is 2.84 bits per heavy atom. The molecule has 1 aromatic heterocycles. The highest BCUT2D eigenvalue weighted by molar-refractivity contribution is 6.15. The van der Waals surface area contributed by atoms with Crippen LogP contribution in [0, 0.1) is 13.8 Å². The number of anilines is 1. The Balaban J connectivity index is 1.57. The van der Waals surface area contributed by atoms with Gasteiger partial charge in [-0.2, -0.15) is 5.10 Å². The minimum atomic E-state index is -1.58. The zero-order valence-electron chi connectivity index (χ0n) is 14.6. The normalized spacial score (nSPS) is 18.9. The van der Waals surface area contributed by atoms with Crippen LogP contribution in [0.25, 0.3) is 0 Å². The van der Waals surface area contributed by atoms with Crippen LogP contribution in [0.5, 0.6) is 5.75 Å². The summed E-state index contributed by atoms with van der Waals surface area (Å²) >= 11 is 0. The SMILES string of the molecule is Cc1cc(C)n(CCCNC(=O)[C@]2(C)Oc3ccccc3NC2=O)n1. The molecule has 1 atom stereocenters. The molecular weight excluding hydrogens is 320 g/mol. The average Bonchev–Trinajstić information content (AvgIpc) is 2.90. The van der Waals surface area contributed by atoms with Crippen molar-refractivity contribution in [3.63, 3.8) is 0 Å². The minimum absolute atomic E-state index is 0.436. The Morgan fingerprint density at radius 2 is 2.12 bits per heavy atom. The number of nitrogens with one attached hydrogen (secondary N) is 2. The minimum Gasteiger partial charge on any atom is -0.466 e. The van der Waals surface area contributed by atoms with Crippen LogP contribution in [0.4, 0.5) is 5.69 Å². The summed E-state index contributed by atoms with van der Waals surface area (Å²) in [7, 11) is 0. The van der Waals surface area contributed by atoms with E-state index in [1.807, 2.05) is 24.6 Å². The number of benzene rings is 1. The molecule has 3 rings (SSSR count). The van der Waals surface area contributed by atoms with Crippen LogP contribution >= 0.6 is 0 Å². The van der Waals surface area contributed by atoms with E-state index in [0.717, 1.165) is 11.4 Å². The van der Waals surface area contributed by atoms with E-state index in [2.05, 4.69) is 15.7 Å². The predicted molar refractivity (Wildman–Crippen MR) is 93.4 cm³/mol. The Hall–Kier alpha value is -2.83. The van der Waals surface area contributed by atoms with Crippen LogP contribution < -0.4 is 15.4 Å². The molecule has 0 radical (unpaired) electrons. The van der Waals surface area contributed by atoms with Crippen molar-refractivity contribution in [1.82, 2.24) is 15.1 Å². The molecule has 0 spiro atoms. The summed E-state index contributed by atoms with van der Waals surface area (Å²) in [6.07, 6.45) is 0.710. The number of nitrogens with zero attached hydrogens (tertiary/aromatic N) is 2. The zero-order chi connectivity index (χ0) is 18.0. The monoisotopic (exact) mass is 342 g/mol. The molecule has 2 aromatic rings. The van der Waals surface area contributed by atoms with Gasteiger partial charge in [0.05, 0.1) is 11.4 Å². The first-order valence-electron chi connectivity index (χ1n) is 8.29. The molecule has 0 fully saturated rings. The van der Waals surface area contributed by atoms with Crippen molar-refractivity contribution in [2.45, 2.75) is 39.3 Å². The lowest BCUT2D eigenvalue weighted by atomic mass is 10.0. The second-order valence-corrected chi connectivity index (χ2v) is 6.35. The van der Waals surface area contributed by atoms with E-state index in [1.165, 1.54) is 6.92 Å². The summed E-state index contributed by atoms with van der Waals surface area (Å²) in [5.41, 5.74) is 1.05. The third-order valence-corrected chi connectivity index (χ3v) is 4.25. The lowest BCUT2D eigenvalue weighted by molar-refractivity contribution is -0.146. The van der Waals surface area contributed by atoms with Crippen molar-refractivity contribution >= 4 is 17.5 Å². The lowest BCUT2D eigenvalue weighted by Crippen LogP contribution is -2.58. The molecule has 7 heteroatoms. The fourth-order valence-corrected chi connectivity index (χ4v) is 2.82. The summed E-state index contributed by atoms with van der Waals surface area (Å²) in [4.78, 5) is 24.8. The number of rotatable bonds is 5. The van der Waals surface area contributed by atoms with Gasteiger partial charge in [-0.1, -0.05) is 12.1 Å². The van der Waals surface area contributed by atoms with Gasteiger partial charge in [-0.15, -0.1) is 0 Å². The molecular formula is C18H22N4O3. The van der Waals surface area contributed by atoms with Crippen molar-refractivity contribution in [1.29, 1.82) is 0 Å². The molecule has 25 heavy (non-hydrogen) atoms. The highest BCUT2D eigenvalue weighted by Gasteiger charge is 2.46. The molecule has 2 heterocycles. The number of carbonyl (C=O) groups is 2. The highest BCUT2D eigenvalue weighted by atomic mass is 16.5. The smallest absolute Gasteiger partial charge is 0.278 e. The maximum atomic E-state index is 12.5. The third-order valence-electron chi connectivity index (χ3n) is 4.25. The predicted octanol–water partition coefficient (Wildman–Crippen LogP) is 1.80. The van der Waals surface area contributed by atoms with Crippen molar-refractivity contribution in [2.24, 2.45) is 0 Å². The molecule has 0 aliphatic carbocycles. The van der Waals surface area contributed by atoms with Gasteiger partial charge in [0, 0.05) is 18.8 Å². The van der Waals surface area contributed by atoms with Gasteiger partial charge in [0.25, 0.3) is 17.4 Å². The van der Waals surface area contributed by atoms with Crippen molar-refractivity contribution < 1.29 is 14.3 Å². The van der Waals surface area contributed by atoms with Gasteiger partial charge >= 0.3 is 0 Å². The largest absolute Gasteiger partial charge is 0.466 e. The number of para-hydroxylation sites is 2. The van der Waals surface area contributed by atoms with Crippen molar-refractivity contribution in [2.75, 3.05) is 11.9 Å². The van der Waals surface area contributed by atoms with E-state index in [1.54, 1.807) is 24.3 Å². The summed E-state index contributed by atoms with van der Waals surface area (Å²) in [6.45, 7) is 6.56. The van der Waals surface area contributed by atoms with E-state index in [-0.39, 0.29) is 0 Å². The third kappa shape index (κ3) is 3.35. The standard InChI is InChI=1S/C18H22N4O3/c1-12-11-13(2)22(21-12)10-6-9-19-16(23)18(3)17(24)20-14-7-4-5-8-15(14)25-18/h4-5,7-8,11H,6,9-10H2,1-3H3,(H,19,23)(H,20,24)/t18-/m0/s1. The van der Waals surface area contributed by atoms with E-state index < -0.39 is 17.4 Å². The molecule has 0 saturated carbocycles. The molecule has 0 unspecified atom stereocenters. The summed E-state index contributed by atoms with van der Waals surface area (Å²) in [5, 5.41) is 9.89. The van der Waals surface area contributed by atoms with Gasteiger partial charge in [0.15, 0.2) is 0 Å². The first-order valence-corrected chi connectivity index (χ1v) is 8.29. The zero-order valence-corrected chi connectivity index (χ0v) is 14.6. The number of aromatic nitrogens is 2. The van der Waals surface area contributed by atoms with E-state index in [9.17, 15) is 9.59 Å². The maximum absolute atomic E-state index is 12.5. The quantitative estimate of drug-likeness (QED) is 0.641. The van der Waals surface area contributed by atoms with Gasteiger partial charge in [-0.05, 0) is 45.4 Å². The number of fused-ring (bicyclic) bond motifs is 1. The van der Waals surface area contributed by atoms with Gasteiger partial charge in [-0.3, -0.25) is 14.3 Å². The maximum Gasteiger partial charge on any atom is 0.278 e. The van der Waals surface area contributed by atoms with Crippen LogP contribution in [-0.4, -0.2) is 33.7 Å². The summed E-state index contributed by atoms with van der Waals surface area (Å²) < 4.78 is 7.60. The molecule has 2 N–H and O–H groups in total. The second kappa shape index (κ2) is 6.58. The molecule has 0 bridgehead atoms. The van der Waals surface area contributed by atoms with Gasteiger partial charge in [0.2, 0.25) is 0 Å². The van der Waals surface area contributed by atoms with Crippen LogP contribution in [0.2, 0.25) is 0 Å². The van der Waals surface area contributed by atoms with E-state index >= 15 is 0 Å². The number of aryl methyl sites for hydroxylation is 3. The highest BCUT2D eigenvalue weighted by Crippen LogP contribution is 2.33. The average molecular weight is 342 g/mol. The Labute approximate surface area is 146 Å². The van der Waals surface area contributed by atoms with E-state index in [0.29, 0.717) is 30.9 Å². The summed E-state index contributed by atoms with van der Waals surface area (Å²) in [6, 6.07) is 9.06. The van der Waals surface area contributed by atoms with Gasteiger partial charge in [0.1, 0.15) is 5.75 Å². The van der Waals surface area contributed by atoms with Crippen LogP contribution in [0.1, 0.15) is 24.7 Å². The van der Waals surface area contributed by atoms with Gasteiger partial charge in [-0.25, -0.2) is 0 Å². The first-order chi connectivity index (χ1) is 11.9. The van der Waals surface area contributed by atoms with Crippen molar-refractivity contribution in [3.8, 4) is 5.75 Å². The Bertz CT molecular complexity index is 814. The van der Waals surface area contributed by atoms with Crippen LogP contribution in [0.15, 0.2) is 30.3 Å². The Kier molecular flexibility index (Phi) is 4.48. The molecule has 7 nitrogen and oxygen atoms in total. The summed E-state index contributed by atoms with van der Waals surface area (Å²) in [5.74, 6) is -0.433. The molecule has 132 valence electrons. The molecule has 1 aromatic carbocycles. The Morgan fingerprint density at radius 1 is 1.36 bits per heavy atom.